The van der Waals surface area contributed by atoms with Crippen molar-refractivity contribution in [2.24, 2.45) is 0 Å². The summed E-state index contributed by atoms with van der Waals surface area (Å²) in [6.07, 6.45) is 0. The maximum atomic E-state index is 5.65. The topological polar surface area (TPSA) is 87.6 Å². The van der Waals surface area contributed by atoms with Gasteiger partial charge >= 0.3 is 0 Å². The molecule has 1 aromatic carbocycles. The molecule has 0 radical (unpaired) electrons. The molecule has 0 fully saturated rings. The highest BCUT2D eigenvalue weighted by Gasteiger charge is 2.10. The van der Waals surface area contributed by atoms with Gasteiger partial charge in [0, 0.05) is 0 Å². The van der Waals surface area contributed by atoms with Gasteiger partial charge in [0.1, 0.15) is 18.1 Å². The molecule has 0 aliphatic rings. The summed E-state index contributed by atoms with van der Waals surface area (Å²) in [5.41, 5.74) is 5.62. The monoisotopic (exact) mass is 291 g/mol. The highest BCUT2D eigenvalue weighted by Crippen LogP contribution is 2.19. The van der Waals surface area contributed by atoms with Gasteiger partial charge in [0.05, 0.1) is 6.61 Å². The van der Waals surface area contributed by atoms with E-state index >= 15 is 0 Å². The first-order valence-corrected chi connectivity index (χ1v) is 6.90. The van der Waals surface area contributed by atoms with Crippen LogP contribution in [0.25, 0.3) is 4.96 Å². The zero-order valence-corrected chi connectivity index (χ0v) is 11.6. The number of rotatable bonds is 5. The Morgan fingerprint density at radius 2 is 1.85 bits per heavy atom. The minimum atomic E-state index is 0.276. The third kappa shape index (κ3) is 2.50. The van der Waals surface area contributed by atoms with Crippen molar-refractivity contribution in [2.75, 3.05) is 12.3 Å². The van der Waals surface area contributed by atoms with Crippen molar-refractivity contribution in [3.8, 4) is 11.5 Å². The number of nitrogen functional groups attached to an aromatic ring is 1. The van der Waals surface area contributed by atoms with Crippen molar-refractivity contribution in [3.63, 3.8) is 0 Å². The molecule has 0 unspecified atom stereocenters. The number of hydrogen-bond acceptors (Lipinski definition) is 7. The second-order valence-electron chi connectivity index (χ2n) is 3.94. The van der Waals surface area contributed by atoms with E-state index in [0.29, 0.717) is 22.5 Å². The second-order valence-corrected chi connectivity index (χ2v) is 4.93. The lowest BCUT2D eigenvalue weighted by molar-refractivity contribution is 0.291. The van der Waals surface area contributed by atoms with Crippen LogP contribution in [-0.2, 0) is 6.61 Å². The summed E-state index contributed by atoms with van der Waals surface area (Å²) in [7, 11) is 0. The first kappa shape index (κ1) is 12.7. The smallest absolute Gasteiger partial charge is 0.236 e. The predicted molar refractivity (Wildman–Crippen MR) is 75.0 cm³/mol. The number of nitrogens with two attached hydrogens (primary N) is 1. The molecule has 2 N–H and O–H groups in total. The zero-order chi connectivity index (χ0) is 13.9. The standard InChI is InChI=1S/C12H13N5O2S/c1-2-18-8-3-5-9(6-4-8)19-7-10-14-15-12-17(10)16-11(13)20-12/h3-6H,2,7H2,1H3,(H2,13,16). The van der Waals surface area contributed by atoms with Crippen molar-refractivity contribution >= 4 is 21.4 Å². The molecule has 3 aromatic rings. The Morgan fingerprint density at radius 1 is 1.15 bits per heavy atom. The van der Waals surface area contributed by atoms with Crippen LogP contribution in [0.2, 0.25) is 0 Å². The van der Waals surface area contributed by atoms with E-state index in [0.717, 1.165) is 11.5 Å². The van der Waals surface area contributed by atoms with Gasteiger partial charge in [-0.25, -0.2) is 0 Å². The van der Waals surface area contributed by atoms with Crippen LogP contribution in [0.3, 0.4) is 0 Å². The fourth-order valence-corrected chi connectivity index (χ4v) is 2.33. The van der Waals surface area contributed by atoms with Gasteiger partial charge in [-0.05, 0) is 31.2 Å². The lowest BCUT2D eigenvalue weighted by atomic mass is 10.3. The van der Waals surface area contributed by atoms with Gasteiger partial charge < -0.3 is 15.2 Å². The number of nitrogens with zero attached hydrogens (tertiary/aromatic N) is 4. The minimum Gasteiger partial charge on any atom is -0.494 e. The molecular formula is C12H13N5O2S. The third-order valence-corrected chi connectivity index (χ3v) is 3.30. The maximum absolute atomic E-state index is 5.65. The quantitative estimate of drug-likeness (QED) is 0.770. The molecule has 0 spiro atoms. The molecule has 8 heteroatoms. The number of hydrogen-bond donors (Lipinski definition) is 1. The van der Waals surface area contributed by atoms with E-state index in [-0.39, 0.29) is 6.61 Å². The van der Waals surface area contributed by atoms with Gasteiger partial charge in [-0.2, -0.15) is 4.52 Å². The fourth-order valence-electron chi connectivity index (χ4n) is 1.71. The summed E-state index contributed by atoms with van der Waals surface area (Å²) in [4.78, 5) is 0.660. The Labute approximate surface area is 119 Å². The first-order chi connectivity index (χ1) is 9.76. The van der Waals surface area contributed by atoms with E-state index in [1.54, 1.807) is 4.52 Å². The van der Waals surface area contributed by atoms with Gasteiger partial charge in [0.25, 0.3) is 0 Å². The normalized spacial score (nSPS) is 10.8. The van der Waals surface area contributed by atoms with Crippen molar-refractivity contribution in [1.82, 2.24) is 19.8 Å². The summed E-state index contributed by atoms with van der Waals surface area (Å²) in [6, 6.07) is 7.41. The summed E-state index contributed by atoms with van der Waals surface area (Å²) in [6.45, 7) is 2.86. The van der Waals surface area contributed by atoms with Gasteiger partial charge in [-0.3, -0.25) is 0 Å². The van der Waals surface area contributed by atoms with Gasteiger partial charge in [0.15, 0.2) is 5.82 Å². The lowest BCUT2D eigenvalue weighted by Crippen LogP contribution is -2.02. The summed E-state index contributed by atoms with van der Waals surface area (Å²) >= 11 is 1.29. The van der Waals surface area contributed by atoms with Crippen molar-refractivity contribution in [3.05, 3.63) is 30.1 Å². The van der Waals surface area contributed by atoms with E-state index in [2.05, 4.69) is 15.3 Å². The summed E-state index contributed by atoms with van der Waals surface area (Å²) < 4.78 is 12.6. The van der Waals surface area contributed by atoms with Crippen molar-refractivity contribution in [1.29, 1.82) is 0 Å². The van der Waals surface area contributed by atoms with Crippen LogP contribution in [0.1, 0.15) is 12.7 Å². The number of benzene rings is 1. The molecule has 7 nitrogen and oxygen atoms in total. The molecule has 0 atom stereocenters. The Hall–Kier alpha value is -2.35. The van der Waals surface area contributed by atoms with Gasteiger partial charge in [-0.1, -0.05) is 11.3 Å². The van der Waals surface area contributed by atoms with Gasteiger partial charge in [0.2, 0.25) is 10.1 Å². The number of fused-ring (bicyclic) bond motifs is 1. The first-order valence-electron chi connectivity index (χ1n) is 6.08. The van der Waals surface area contributed by atoms with E-state index in [1.807, 2.05) is 31.2 Å². The van der Waals surface area contributed by atoms with Crippen LogP contribution in [0.5, 0.6) is 11.5 Å². The average Bonchev–Trinajstić information content (AvgIpc) is 2.98. The Morgan fingerprint density at radius 3 is 2.55 bits per heavy atom. The molecule has 2 heterocycles. The summed E-state index contributed by atoms with van der Waals surface area (Å²) in [5.74, 6) is 2.16. The van der Waals surface area contributed by atoms with Gasteiger partial charge in [-0.15, -0.1) is 15.3 Å². The third-order valence-electron chi connectivity index (χ3n) is 2.57. The highest BCUT2D eigenvalue weighted by molar-refractivity contribution is 7.20. The predicted octanol–water partition coefficient (Wildman–Crippen LogP) is 1.75. The zero-order valence-electron chi connectivity index (χ0n) is 10.8. The van der Waals surface area contributed by atoms with Crippen molar-refractivity contribution in [2.45, 2.75) is 13.5 Å². The maximum Gasteiger partial charge on any atom is 0.236 e. The molecule has 0 saturated carbocycles. The van der Waals surface area contributed by atoms with Crippen LogP contribution in [0, 0.1) is 0 Å². The largest absolute Gasteiger partial charge is 0.494 e. The molecule has 3 rings (SSSR count). The molecule has 20 heavy (non-hydrogen) atoms. The Balaban J connectivity index is 1.69. The average molecular weight is 291 g/mol. The van der Waals surface area contributed by atoms with E-state index in [1.165, 1.54) is 11.3 Å². The van der Waals surface area contributed by atoms with Crippen molar-refractivity contribution < 1.29 is 9.47 Å². The SMILES string of the molecule is CCOc1ccc(OCc2nnc3sc(N)nn23)cc1. The van der Waals surface area contributed by atoms with Crippen LogP contribution in [-0.4, -0.2) is 26.4 Å². The van der Waals surface area contributed by atoms with Crippen LogP contribution in [0.4, 0.5) is 5.13 Å². The Bertz CT molecular complexity index is 706. The van der Waals surface area contributed by atoms with E-state index < -0.39 is 0 Å². The fraction of sp³-hybridized carbons (Fsp3) is 0.250. The molecular weight excluding hydrogens is 278 g/mol. The Kier molecular flexibility index (Phi) is 3.38. The summed E-state index contributed by atoms with van der Waals surface area (Å²) in [5, 5.41) is 12.6. The molecule has 104 valence electrons. The molecule has 0 aliphatic carbocycles. The highest BCUT2D eigenvalue weighted by atomic mass is 32.1. The number of anilines is 1. The van der Waals surface area contributed by atoms with Crippen LogP contribution in [0.15, 0.2) is 24.3 Å². The second kappa shape index (κ2) is 5.33. The number of aromatic nitrogens is 4. The van der Waals surface area contributed by atoms with Crippen LogP contribution < -0.4 is 15.2 Å². The van der Waals surface area contributed by atoms with E-state index in [9.17, 15) is 0 Å². The molecule has 0 amide bonds. The molecule has 0 bridgehead atoms. The number of ether oxygens (including phenoxy) is 2. The van der Waals surface area contributed by atoms with E-state index in [4.69, 9.17) is 15.2 Å². The molecule has 0 aliphatic heterocycles. The molecule has 0 saturated heterocycles. The minimum absolute atomic E-state index is 0.276. The van der Waals surface area contributed by atoms with Crippen LogP contribution >= 0.6 is 11.3 Å². The molecule has 2 aromatic heterocycles. The lowest BCUT2D eigenvalue weighted by Gasteiger charge is -2.06.